The van der Waals surface area contributed by atoms with Gasteiger partial charge in [0.15, 0.2) is 0 Å². The fourth-order valence-corrected chi connectivity index (χ4v) is 8.69. The van der Waals surface area contributed by atoms with E-state index in [-0.39, 0.29) is 7.43 Å². The zero-order chi connectivity index (χ0) is 31.0. The molecule has 6 saturated heterocycles. The zero-order valence-corrected chi connectivity index (χ0v) is 30.3. The Bertz CT molecular complexity index is 730. The molecular weight excluding hydrogens is 528 g/mol. The van der Waals surface area contributed by atoms with E-state index in [0.29, 0.717) is 16.6 Å². The summed E-state index contributed by atoms with van der Waals surface area (Å²) in [5.41, 5.74) is 1.11. The molecule has 254 valence electrons. The van der Waals surface area contributed by atoms with E-state index in [2.05, 4.69) is 113 Å². The monoisotopic (exact) mass is 605 g/mol. The maximum absolute atomic E-state index is 2.67. The van der Waals surface area contributed by atoms with Crippen LogP contribution in [0.5, 0.6) is 0 Å². The van der Waals surface area contributed by atoms with Gasteiger partial charge >= 0.3 is 0 Å². The van der Waals surface area contributed by atoms with E-state index in [0.717, 1.165) is 35.5 Å². The van der Waals surface area contributed by atoms with E-state index in [1.165, 1.54) is 97.8 Å². The van der Waals surface area contributed by atoms with E-state index in [9.17, 15) is 0 Å². The Labute approximate surface area is 269 Å². The first kappa shape index (κ1) is 37.2. The molecule has 6 rings (SSSR count). The minimum Gasteiger partial charge on any atom is -0.306 e. The number of hydrogen-bond acceptors (Lipinski definition) is 6. The van der Waals surface area contributed by atoms with Crippen LogP contribution in [0.3, 0.4) is 0 Å². The van der Waals surface area contributed by atoms with Gasteiger partial charge in [-0.25, -0.2) is 0 Å². The van der Waals surface area contributed by atoms with E-state index in [1.807, 2.05) is 0 Å². The molecule has 0 aliphatic carbocycles. The maximum atomic E-state index is 2.67. The molecule has 6 nitrogen and oxygen atoms in total. The Morgan fingerprint density at radius 2 is 0.558 bits per heavy atom. The normalized spacial score (nSPS) is 35.2. The number of nitrogens with zero attached hydrogens (tertiary/aromatic N) is 6. The lowest BCUT2D eigenvalue weighted by atomic mass is 9.89. The van der Waals surface area contributed by atoms with Gasteiger partial charge in [0.1, 0.15) is 0 Å². The quantitative estimate of drug-likeness (QED) is 0.354. The number of rotatable bonds is 0. The van der Waals surface area contributed by atoms with Gasteiger partial charge < -0.3 is 14.7 Å². The van der Waals surface area contributed by atoms with Crippen molar-refractivity contribution in [3.8, 4) is 0 Å². The first-order valence-corrected chi connectivity index (χ1v) is 17.7. The highest BCUT2D eigenvalue weighted by atomic mass is 15.3. The molecule has 6 heterocycles. The molecular formula is C37H76N6. The summed E-state index contributed by atoms with van der Waals surface area (Å²) in [5.74, 6) is 5.75. The molecule has 0 radical (unpaired) electrons. The van der Waals surface area contributed by atoms with Crippen molar-refractivity contribution in [2.75, 3.05) is 99.7 Å². The first-order chi connectivity index (χ1) is 19.4. The Hall–Kier alpha value is -0.240. The summed E-state index contributed by atoms with van der Waals surface area (Å²) in [5, 5.41) is 0. The average molecular weight is 605 g/mol. The third-order valence-corrected chi connectivity index (χ3v) is 11.9. The summed E-state index contributed by atoms with van der Waals surface area (Å²) >= 11 is 0. The third kappa shape index (κ3) is 10.1. The topological polar surface area (TPSA) is 19.4 Å². The number of hydrogen-bond donors (Lipinski definition) is 0. The van der Waals surface area contributed by atoms with E-state index in [1.54, 1.807) is 0 Å². The highest BCUT2D eigenvalue weighted by Crippen LogP contribution is 2.36. The van der Waals surface area contributed by atoms with E-state index in [4.69, 9.17) is 0 Å². The standard InChI is InChI=1S/3C12H24N2.CH4/c3*1-12(2,3)14-8-10-5-6-13(4)7-11(10)9-14;/h3*10-11H,5-9H2,1-4H3;1H4/t10-,11+;2*10-,11-;/m010./s1. The van der Waals surface area contributed by atoms with Crippen molar-refractivity contribution >= 4 is 0 Å². The fourth-order valence-electron chi connectivity index (χ4n) is 8.69. The molecule has 0 unspecified atom stereocenters. The van der Waals surface area contributed by atoms with Crippen LogP contribution in [-0.4, -0.2) is 146 Å². The molecule has 0 aromatic heterocycles. The van der Waals surface area contributed by atoms with Crippen molar-refractivity contribution in [3.63, 3.8) is 0 Å². The van der Waals surface area contributed by atoms with Crippen molar-refractivity contribution < 1.29 is 0 Å². The molecule has 6 heteroatoms. The molecule has 6 fully saturated rings. The van der Waals surface area contributed by atoms with Gasteiger partial charge in [0.25, 0.3) is 0 Å². The zero-order valence-electron chi connectivity index (χ0n) is 30.3. The van der Waals surface area contributed by atoms with Crippen LogP contribution < -0.4 is 0 Å². The van der Waals surface area contributed by atoms with Crippen LogP contribution in [0.2, 0.25) is 0 Å². The van der Waals surface area contributed by atoms with Gasteiger partial charge in [0.05, 0.1) is 0 Å². The van der Waals surface area contributed by atoms with Crippen LogP contribution in [0.25, 0.3) is 0 Å². The van der Waals surface area contributed by atoms with Crippen LogP contribution in [0.1, 0.15) is 89.0 Å². The molecule has 6 aliphatic rings. The molecule has 0 amide bonds. The molecule has 0 N–H and O–H groups in total. The molecule has 0 bridgehead atoms. The molecule has 0 spiro atoms. The average Bonchev–Trinajstić information content (AvgIpc) is 3.59. The molecule has 6 atom stereocenters. The van der Waals surface area contributed by atoms with E-state index >= 15 is 0 Å². The Morgan fingerprint density at radius 3 is 0.767 bits per heavy atom. The minimum atomic E-state index is 0. The van der Waals surface area contributed by atoms with Crippen molar-refractivity contribution in [2.24, 2.45) is 35.5 Å². The van der Waals surface area contributed by atoms with Crippen molar-refractivity contribution in [3.05, 3.63) is 0 Å². The van der Waals surface area contributed by atoms with Gasteiger partial charge in [-0.05, 0) is 158 Å². The molecule has 0 aromatic rings. The Balaban J connectivity index is 0.000000175. The van der Waals surface area contributed by atoms with Crippen molar-refractivity contribution in [1.29, 1.82) is 0 Å². The second-order valence-electron chi connectivity index (χ2n) is 18.4. The number of piperidine rings is 3. The second kappa shape index (κ2) is 14.7. The Morgan fingerprint density at radius 1 is 0.349 bits per heavy atom. The van der Waals surface area contributed by atoms with Crippen LogP contribution >= 0.6 is 0 Å². The largest absolute Gasteiger partial charge is 0.306 e. The van der Waals surface area contributed by atoms with Gasteiger partial charge in [-0.1, -0.05) is 7.43 Å². The highest BCUT2D eigenvalue weighted by molar-refractivity contribution is 4.95. The second-order valence-corrected chi connectivity index (χ2v) is 18.4. The van der Waals surface area contributed by atoms with Crippen molar-refractivity contribution in [1.82, 2.24) is 29.4 Å². The van der Waals surface area contributed by atoms with Gasteiger partial charge in [-0.2, -0.15) is 0 Å². The van der Waals surface area contributed by atoms with Crippen LogP contribution in [0.15, 0.2) is 0 Å². The molecule has 6 aliphatic heterocycles. The van der Waals surface area contributed by atoms with Crippen molar-refractivity contribution in [2.45, 2.75) is 106 Å². The minimum absolute atomic E-state index is 0. The first-order valence-electron chi connectivity index (χ1n) is 17.7. The Kier molecular flexibility index (Phi) is 12.7. The van der Waals surface area contributed by atoms with Gasteiger partial charge in [-0.3, -0.25) is 14.7 Å². The van der Waals surface area contributed by atoms with Gasteiger partial charge in [0.2, 0.25) is 0 Å². The summed E-state index contributed by atoms with van der Waals surface area (Å²) in [6.45, 7) is 36.9. The van der Waals surface area contributed by atoms with Crippen LogP contribution in [-0.2, 0) is 0 Å². The van der Waals surface area contributed by atoms with Gasteiger partial charge in [-0.15, -0.1) is 0 Å². The summed E-state index contributed by atoms with van der Waals surface area (Å²) in [6.07, 6.45) is 4.23. The third-order valence-electron chi connectivity index (χ3n) is 11.9. The van der Waals surface area contributed by atoms with Crippen LogP contribution in [0, 0.1) is 35.5 Å². The lowest BCUT2D eigenvalue weighted by Gasteiger charge is -2.32. The summed E-state index contributed by atoms with van der Waals surface area (Å²) < 4.78 is 0. The smallest absolute Gasteiger partial charge is 0.0125 e. The van der Waals surface area contributed by atoms with Gasteiger partial charge in [0, 0.05) is 75.5 Å². The molecule has 0 saturated carbocycles. The lowest BCUT2D eigenvalue weighted by molar-refractivity contribution is 0.163. The fraction of sp³-hybridized carbons (Fsp3) is 1.00. The summed E-state index contributed by atoms with van der Waals surface area (Å²) in [4.78, 5) is 15.5. The predicted octanol–water partition coefficient (Wildman–Crippen LogP) is 5.64. The maximum Gasteiger partial charge on any atom is 0.0125 e. The molecule has 43 heavy (non-hydrogen) atoms. The lowest BCUT2D eigenvalue weighted by Crippen LogP contribution is -2.40. The van der Waals surface area contributed by atoms with Crippen LogP contribution in [0.4, 0.5) is 0 Å². The highest BCUT2D eigenvalue weighted by Gasteiger charge is 2.41. The molecule has 0 aromatic carbocycles. The van der Waals surface area contributed by atoms with E-state index < -0.39 is 0 Å². The summed E-state index contributed by atoms with van der Waals surface area (Å²) in [6, 6.07) is 0. The summed E-state index contributed by atoms with van der Waals surface area (Å²) in [7, 11) is 6.78. The SMILES string of the molecule is C.CN1CC[C@@H]2CN(C(C)(C)C)C[C@H]2C1.CN1CC[C@H]2CN(C(C)(C)C)C[C@@H]2C1.CN1CC[C@H]2CN(C(C)(C)C)C[C@H]2C1. The predicted molar refractivity (Wildman–Crippen MR) is 188 cm³/mol. The number of likely N-dealkylation sites (tertiary alicyclic amines) is 6. The number of fused-ring (bicyclic) bond motifs is 3.